The Morgan fingerprint density at radius 1 is 1.40 bits per heavy atom. The number of aryl methyl sites for hydroxylation is 1. The van der Waals surface area contributed by atoms with Crippen LogP contribution in [-0.2, 0) is 11.3 Å². The molecule has 1 heterocycles. The Hall–Kier alpha value is -2.41. The van der Waals surface area contributed by atoms with E-state index in [4.69, 9.17) is 11.6 Å². The van der Waals surface area contributed by atoms with Crippen LogP contribution in [0.3, 0.4) is 0 Å². The Kier molecular flexibility index (Phi) is 4.31. The number of nitrogens with one attached hydrogen (secondary N) is 1. The quantitative estimate of drug-likeness (QED) is 0.677. The smallest absolute Gasteiger partial charge is 0.358 e. The Morgan fingerprint density at radius 3 is 2.70 bits per heavy atom. The van der Waals surface area contributed by atoms with Crippen molar-refractivity contribution >= 4 is 29.0 Å². The molecule has 2 aromatic rings. The van der Waals surface area contributed by atoms with Gasteiger partial charge in [-0.05, 0) is 34.2 Å². The highest BCUT2D eigenvalue weighted by Crippen LogP contribution is 2.13. The van der Waals surface area contributed by atoms with Gasteiger partial charge in [0.25, 0.3) is 0 Å². The topological polar surface area (TPSA) is 90.1 Å². The van der Waals surface area contributed by atoms with Gasteiger partial charge in [-0.3, -0.25) is 4.79 Å². The summed E-state index contributed by atoms with van der Waals surface area (Å²) in [6.45, 7) is 0.320. The highest BCUT2D eigenvalue weighted by atomic mass is 35.5. The van der Waals surface area contributed by atoms with E-state index in [0.29, 0.717) is 17.3 Å². The molecule has 0 atom stereocenters. The van der Waals surface area contributed by atoms with E-state index in [9.17, 15) is 14.9 Å². The van der Waals surface area contributed by atoms with Crippen LogP contribution in [0.15, 0.2) is 36.8 Å². The number of carbonyl (C=O) groups excluding carboxylic acids is 1. The minimum absolute atomic E-state index is 0.191. The Bertz CT molecular complexity index is 624. The van der Waals surface area contributed by atoms with Crippen molar-refractivity contribution in [1.82, 2.24) is 9.55 Å². The summed E-state index contributed by atoms with van der Waals surface area (Å²) >= 11 is 5.74. The third-order valence-corrected chi connectivity index (χ3v) is 2.78. The van der Waals surface area contributed by atoms with Gasteiger partial charge in [0.15, 0.2) is 0 Å². The summed E-state index contributed by atoms with van der Waals surface area (Å²) in [6, 6.07) is 6.75. The number of amides is 1. The molecular formula is C12H11ClN4O3. The number of nitro groups is 1. The largest absolute Gasteiger partial charge is 0.381 e. The van der Waals surface area contributed by atoms with Crippen LogP contribution in [0, 0.1) is 10.1 Å². The molecule has 20 heavy (non-hydrogen) atoms. The highest BCUT2D eigenvalue weighted by Gasteiger charge is 2.10. The fourth-order valence-corrected chi connectivity index (χ4v) is 1.68. The second kappa shape index (κ2) is 6.16. The van der Waals surface area contributed by atoms with Gasteiger partial charge in [0.2, 0.25) is 12.2 Å². The zero-order valence-electron chi connectivity index (χ0n) is 10.3. The maximum Gasteiger partial charge on any atom is 0.381 e. The zero-order valence-corrected chi connectivity index (χ0v) is 11.1. The van der Waals surface area contributed by atoms with Crippen molar-refractivity contribution in [2.75, 3.05) is 5.32 Å². The summed E-state index contributed by atoms with van der Waals surface area (Å²) in [5.74, 6) is -0.424. The van der Waals surface area contributed by atoms with Crippen LogP contribution in [0.25, 0.3) is 0 Å². The molecule has 0 aliphatic heterocycles. The molecule has 0 aliphatic carbocycles. The third-order valence-electron chi connectivity index (χ3n) is 2.53. The molecule has 0 radical (unpaired) electrons. The summed E-state index contributed by atoms with van der Waals surface area (Å²) in [5, 5.41) is 13.8. The molecule has 2 rings (SSSR count). The van der Waals surface area contributed by atoms with Gasteiger partial charge in [0.05, 0.1) is 0 Å². The number of carbonyl (C=O) groups is 1. The van der Waals surface area contributed by atoms with Gasteiger partial charge in [0, 0.05) is 23.7 Å². The average molecular weight is 295 g/mol. The normalized spacial score (nSPS) is 10.2. The lowest BCUT2D eigenvalue weighted by Crippen LogP contribution is -2.13. The first-order valence-corrected chi connectivity index (χ1v) is 6.14. The first-order valence-electron chi connectivity index (χ1n) is 5.76. The van der Waals surface area contributed by atoms with Gasteiger partial charge in [-0.15, -0.1) is 0 Å². The summed E-state index contributed by atoms with van der Waals surface area (Å²) in [6.07, 6.45) is 2.80. The number of halogens is 1. The van der Waals surface area contributed by atoms with E-state index in [1.54, 1.807) is 24.3 Å². The summed E-state index contributed by atoms with van der Waals surface area (Å²) < 4.78 is 1.50. The second-order valence-corrected chi connectivity index (χ2v) is 4.47. The number of nitrogens with zero attached hydrogens (tertiary/aromatic N) is 3. The van der Waals surface area contributed by atoms with Crippen molar-refractivity contribution in [3.8, 4) is 0 Å². The highest BCUT2D eigenvalue weighted by molar-refractivity contribution is 6.30. The predicted molar refractivity (Wildman–Crippen MR) is 73.6 cm³/mol. The Morgan fingerprint density at radius 2 is 2.10 bits per heavy atom. The number of benzene rings is 1. The molecule has 104 valence electrons. The fraction of sp³-hybridized carbons (Fsp3) is 0.167. The lowest BCUT2D eigenvalue weighted by Gasteiger charge is -2.05. The molecule has 0 bridgehead atoms. The van der Waals surface area contributed by atoms with Crippen molar-refractivity contribution in [2.24, 2.45) is 0 Å². The molecule has 8 heteroatoms. The lowest BCUT2D eigenvalue weighted by atomic mass is 10.3. The van der Waals surface area contributed by atoms with Gasteiger partial charge < -0.3 is 20.0 Å². The van der Waals surface area contributed by atoms with Gasteiger partial charge in [-0.1, -0.05) is 11.6 Å². The molecule has 0 saturated heterocycles. The van der Waals surface area contributed by atoms with Crippen LogP contribution in [0.2, 0.25) is 5.02 Å². The van der Waals surface area contributed by atoms with Crippen molar-refractivity contribution in [1.29, 1.82) is 0 Å². The van der Waals surface area contributed by atoms with Crippen molar-refractivity contribution in [3.05, 3.63) is 51.9 Å². The van der Waals surface area contributed by atoms with E-state index in [0.717, 1.165) is 0 Å². The van der Waals surface area contributed by atoms with E-state index in [2.05, 4.69) is 10.3 Å². The minimum atomic E-state index is -0.579. The van der Waals surface area contributed by atoms with Crippen LogP contribution in [-0.4, -0.2) is 20.4 Å². The molecule has 7 nitrogen and oxygen atoms in total. The van der Waals surface area contributed by atoms with Crippen molar-refractivity contribution in [3.63, 3.8) is 0 Å². The van der Waals surface area contributed by atoms with Gasteiger partial charge in [-0.2, -0.15) is 0 Å². The molecule has 0 fully saturated rings. The molecule has 0 saturated carbocycles. The van der Waals surface area contributed by atoms with E-state index in [-0.39, 0.29) is 18.1 Å². The first kappa shape index (κ1) is 14.0. The standard InChI is InChI=1S/C12H11ClN4O3/c13-9-1-3-10(4-2-9)15-12(18)5-6-16-7-11(14-8-16)17(19)20/h1-4,7-8H,5-6H2,(H,15,18). The molecule has 0 spiro atoms. The van der Waals surface area contributed by atoms with E-state index in [1.807, 2.05) is 0 Å². The monoisotopic (exact) mass is 294 g/mol. The van der Waals surface area contributed by atoms with Gasteiger partial charge in [0.1, 0.15) is 6.20 Å². The zero-order chi connectivity index (χ0) is 14.5. The molecule has 1 aromatic heterocycles. The molecular weight excluding hydrogens is 284 g/mol. The molecule has 1 amide bonds. The summed E-state index contributed by atoms with van der Waals surface area (Å²) in [4.78, 5) is 25.2. The predicted octanol–water partition coefficient (Wildman–Crippen LogP) is 2.47. The van der Waals surface area contributed by atoms with E-state index in [1.165, 1.54) is 17.1 Å². The van der Waals surface area contributed by atoms with Crippen LogP contribution < -0.4 is 5.32 Å². The molecule has 0 unspecified atom stereocenters. The Labute approximate surface area is 119 Å². The average Bonchev–Trinajstić information content (AvgIpc) is 2.88. The number of aromatic nitrogens is 2. The van der Waals surface area contributed by atoms with Crippen molar-refractivity contribution < 1.29 is 9.72 Å². The van der Waals surface area contributed by atoms with E-state index < -0.39 is 4.92 Å². The van der Waals surface area contributed by atoms with Crippen LogP contribution in [0.4, 0.5) is 11.5 Å². The fourth-order valence-electron chi connectivity index (χ4n) is 1.55. The summed E-state index contributed by atoms with van der Waals surface area (Å²) in [7, 11) is 0. The number of imidazole rings is 1. The maximum absolute atomic E-state index is 11.7. The second-order valence-electron chi connectivity index (χ2n) is 4.03. The number of anilines is 1. The molecule has 0 aliphatic rings. The third kappa shape index (κ3) is 3.79. The SMILES string of the molecule is O=C(CCn1cnc([N+](=O)[O-])c1)Nc1ccc(Cl)cc1. The van der Waals surface area contributed by atoms with Gasteiger partial charge >= 0.3 is 5.82 Å². The Balaban J connectivity index is 1.85. The lowest BCUT2D eigenvalue weighted by molar-refractivity contribution is -0.389. The van der Waals surface area contributed by atoms with Crippen LogP contribution in [0.1, 0.15) is 6.42 Å². The van der Waals surface area contributed by atoms with Crippen LogP contribution in [0.5, 0.6) is 0 Å². The first-order chi connectivity index (χ1) is 9.54. The summed E-state index contributed by atoms with van der Waals surface area (Å²) in [5.41, 5.74) is 0.649. The van der Waals surface area contributed by atoms with Crippen molar-refractivity contribution in [2.45, 2.75) is 13.0 Å². The maximum atomic E-state index is 11.7. The number of hydrogen-bond acceptors (Lipinski definition) is 4. The minimum Gasteiger partial charge on any atom is -0.358 e. The molecule has 1 N–H and O–H groups in total. The van der Waals surface area contributed by atoms with Crippen LogP contribution >= 0.6 is 11.6 Å². The molecule has 1 aromatic carbocycles. The van der Waals surface area contributed by atoms with E-state index >= 15 is 0 Å². The number of rotatable bonds is 5. The number of hydrogen-bond donors (Lipinski definition) is 1. The van der Waals surface area contributed by atoms with Gasteiger partial charge in [-0.25, -0.2) is 0 Å².